The highest BCUT2D eigenvalue weighted by atomic mass is 31.1. The minimum absolute atomic E-state index is 1.25. The van der Waals surface area contributed by atoms with E-state index in [0.29, 0.717) is 0 Å². The Kier molecular flexibility index (Phi) is 5.11. The van der Waals surface area contributed by atoms with Crippen LogP contribution >= 0.6 is 8.25 Å². The van der Waals surface area contributed by atoms with Crippen LogP contribution in [0.15, 0.2) is 0 Å². The molecule has 1 aliphatic rings. The normalized spacial score (nSPS) is 15.2. The van der Waals surface area contributed by atoms with Crippen LogP contribution in [0.2, 0.25) is 0 Å². The monoisotopic (exact) mass is 138 g/mol. The van der Waals surface area contributed by atoms with Crippen molar-refractivity contribution in [1.82, 2.24) is 5.32 Å². The smallest absolute Gasteiger partial charge is 0.317 e. The van der Waals surface area contributed by atoms with Gasteiger partial charge in [0, 0.05) is 4.57 Å². The molecule has 0 atom stereocenters. The molecule has 0 radical (unpaired) electrons. The summed E-state index contributed by atoms with van der Waals surface area (Å²) in [5.41, 5.74) is 0. The molecule has 0 aromatic carbocycles. The maximum absolute atomic E-state index is 8.70. The Labute approximate surface area is 48.5 Å². The van der Waals surface area contributed by atoms with E-state index < -0.39 is 8.25 Å². The third-order valence-electron chi connectivity index (χ3n) is 0.707. The van der Waals surface area contributed by atoms with Gasteiger partial charge in [-0.05, 0) is 19.5 Å². The zero-order valence-corrected chi connectivity index (χ0v) is 5.27. The van der Waals surface area contributed by atoms with Crippen molar-refractivity contribution in [3.8, 4) is 0 Å². The summed E-state index contributed by atoms with van der Waals surface area (Å²) in [7, 11) is -2.87. The Balaban J connectivity index is 0.000000122. The van der Waals surface area contributed by atoms with Crippen LogP contribution in [-0.2, 0) is 4.57 Å². The molecule has 8 heavy (non-hydrogen) atoms. The molecule has 3 N–H and O–H groups in total. The second kappa shape index (κ2) is 5.12. The van der Waals surface area contributed by atoms with Gasteiger partial charge < -0.3 is 5.32 Å². The van der Waals surface area contributed by atoms with Gasteiger partial charge in [-0.3, -0.25) is 0 Å². The van der Waals surface area contributed by atoms with Gasteiger partial charge >= 0.3 is 8.25 Å². The Morgan fingerprint density at radius 2 is 1.50 bits per heavy atom. The minimum atomic E-state index is -2.87. The minimum Gasteiger partial charge on any atom is -0.317 e. The molecule has 5 heteroatoms. The second-order valence-electron chi connectivity index (χ2n) is 1.36. The van der Waals surface area contributed by atoms with Crippen LogP contribution in [0, 0.1) is 0 Å². The first-order valence-corrected chi connectivity index (χ1v) is 3.45. The van der Waals surface area contributed by atoms with Crippen molar-refractivity contribution in [2.45, 2.75) is 6.42 Å². The Morgan fingerprint density at radius 3 is 1.50 bits per heavy atom. The molecule has 0 spiro atoms. The topological polar surface area (TPSA) is 69.6 Å². The molecular weight excluding hydrogens is 129 g/mol. The van der Waals surface area contributed by atoms with E-state index >= 15 is 0 Å². The van der Waals surface area contributed by atoms with Gasteiger partial charge in [0.15, 0.2) is 0 Å². The lowest BCUT2D eigenvalue weighted by Gasteiger charge is -2.09. The van der Waals surface area contributed by atoms with Crippen LogP contribution in [0.3, 0.4) is 0 Å². The van der Waals surface area contributed by atoms with Gasteiger partial charge in [0.2, 0.25) is 0 Å². The van der Waals surface area contributed by atoms with Crippen molar-refractivity contribution in [1.29, 1.82) is 0 Å². The van der Waals surface area contributed by atoms with E-state index in [-0.39, 0.29) is 0 Å². The largest absolute Gasteiger partial charge is 0.692 e. The number of nitrogens with one attached hydrogen (secondary N) is 1. The number of rotatable bonds is 0. The first-order chi connectivity index (χ1) is 3.73. The van der Waals surface area contributed by atoms with Crippen molar-refractivity contribution in [2.24, 2.45) is 0 Å². The van der Waals surface area contributed by atoms with E-state index in [0.717, 1.165) is 0 Å². The molecule has 0 unspecified atom stereocenters. The summed E-state index contributed by atoms with van der Waals surface area (Å²) in [6.07, 6.45) is 1.39. The maximum Gasteiger partial charge on any atom is 0.692 e. The summed E-state index contributed by atoms with van der Waals surface area (Å²) >= 11 is 0. The van der Waals surface area contributed by atoms with Crippen LogP contribution in [0.4, 0.5) is 0 Å². The van der Waals surface area contributed by atoms with Crippen LogP contribution in [-0.4, -0.2) is 22.9 Å². The molecular formula is C3H9NO3P+. The molecule has 0 saturated carbocycles. The highest BCUT2D eigenvalue weighted by Crippen LogP contribution is 1.98. The molecule has 1 rings (SSSR count). The average molecular weight is 138 g/mol. The molecule has 1 aliphatic heterocycles. The van der Waals surface area contributed by atoms with E-state index in [1.807, 2.05) is 0 Å². The average Bonchev–Trinajstić information content (AvgIpc) is 1.19. The van der Waals surface area contributed by atoms with E-state index in [1.165, 1.54) is 19.5 Å². The molecule has 1 saturated heterocycles. The molecule has 1 fully saturated rings. The summed E-state index contributed by atoms with van der Waals surface area (Å²) in [5, 5.41) is 3.11. The predicted molar refractivity (Wildman–Crippen MR) is 29.5 cm³/mol. The maximum atomic E-state index is 8.70. The second-order valence-corrected chi connectivity index (χ2v) is 1.86. The SMILES string of the molecule is C1CNC1.O=[P+](O)O. The number of hydrogen-bond donors (Lipinski definition) is 3. The van der Waals surface area contributed by atoms with E-state index in [4.69, 9.17) is 14.4 Å². The van der Waals surface area contributed by atoms with Gasteiger partial charge in [-0.1, -0.05) is 0 Å². The number of hydrogen-bond acceptors (Lipinski definition) is 2. The zero-order chi connectivity index (χ0) is 6.41. The third-order valence-corrected chi connectivity index (χ3v) is 0.707. The highest BCUT2D eigenvalue weighted by molar-refractivity contribution is 7.30. The van der Waals surface area contributed by atoms with E-state index in [9.17, 15) is 0 Å². The fourth-order valence-electron chi connectivity index (χ4n) is 0.177. The zero-order valence-electron chi connectivity index (χ0n) is 4.37. The van der Waals surface area contributed by atoms with Crippen molar-refractivity contribution in [3.63, 3.8) is 0 Å². The van der Waals surface area contributed by atoms with E-state index in [1.54, 1.807) is 0 Å². The van der Waals surface area contributed by atoms with Gasteiger partial charge in [-0.2, -0.15) is 0 Å². The highest BCUT2D eigenvalue weighted by Gasteiger charge is 1.93. The lowest BCUT2D eigenvalue weighted by atomic mass is 10.3. The predicted octanol–water partition coefficient (Wildman–Crippen LogP) is -0.392. The fraction of sp³-hybridized carbons (Fsp3) is 1.00. The summed E-state index contributed by atoms with van der Waals surface area (Å²) in [5.74, 6) is 0. The van der Waals surface area contributed by atoms with Gasteiger partial charge in [0.25, 0.3) is 0 Å². The Bertz CT molecular complexity index is 64.9. The lowest BCUT2D eigenvalue weighted by molar-refractivity contribution is 0.405. The molecule has 1 heterocycles. The lowest BCUT2D eigenvalue weighted by Crippen LogP contribution is -2.29. The van der Waals surface area contributed by atoms with Crippen molar-refractivity contribution >= 4 is 8.25 Å². The van der Waals surface area contributed by atoms with Crippen LogP contribution in [0.5, 0.6) is 0 Å². The van der Waals surface area contributed by atoms with Crippen LogP contribution in [0.1, 0.15) is 6.42 Å². The standard InChI is InChI=1S/C3H7N.HO3P/c1-2-4-3-1;1-4(2)3/h4H,1-3H2;(H-,1,2,3)/p+1. The Hall–Kier alpha value is -0.0200. The summed E-state index contributed by atoms with van der Waals surface area (Å²) in [6.45, 7) is 2.50. The van der Waals surface area contributed by atoms with Gasteiger partial charge in [0.1, 0.15) is 0 Å². The third kappa shape index (κ3) is 9.36. The molecule has 0 bridgehead atoms. The van der Waals surface area contributed by atoms with E-state index in [2.05, 4.69) is 5.32 Å². The van der Waals surface area contributed by atoms with Crippen molar-refractivity contribution in [2.75, 3.05) is 13.1 Å². The molecule has 0 aromatic heterocycles. The van der Waals surface area contributed by atoms with Crippen LogP contribution in [0.25, 0.3) is 0 Å². The quantitative estimate of drug-likeness (QED) is 0.398. The summed E-state index contributed by atoms with van der Waals surface area (Å²) < 4.78 is 8.70. The molecule has 0 amide bonds. The molecule has 0 aromatic rings. The fourth-order valence-corrected chi connectivity index (χ4v) is 0.177. The van der Waals surface area contributed by atoms with Crippen molar-refractivity contribution < 1.29 is 14.4 Å². The molecule has 48 valence electrons. The van der Waals surface area contributed by atoms with Crippen molar-refractivity contribution in [3.05, 3.63) is 0 Å². The Morgan fingerprint density at radius 1 is 1.38 bits per heavy atom. The molecule has 4 nitrogen and oxygen atoms in total. The molecule has 0 aliphatic carbocycles. The first kappa shape index (κ1) is 7.98. The summed E-state index contributed by atoms with van der Waals surface area (Å²) in [4.78, 5) is 14.2. The van der Waals surface area contributed by atoms with Gasteiger partial charge in [0.05, 0.1) is 0 Å². The first-order valence-electron chi connectivity index (χ1n) is 2.29. The summed E-state index contributed by atoms with van der Waals surface area (Å²) in [6, 6.07) is 0. The van der Waals surface area contributed by atoms with Gasteiger partial charge in [-0.15, -0.1) is 9.79 Å². The van der Waals surface area contributed by atoms with Gasteiger partial charge in [-0.25, -0.2) is 0 Å². The van der Waals surface area contributed by atoms with Crippen LogP contribution < -0.4 is 5.32 Å².